The number of para-hydroxylation sites is 2. The topological polar surface area (TPSA) is 76.7 Å². The van der Waals surface area contributed by atoms with E-state index in [1.165, 1.54) is 32.1 Å². The van der Waals surface area contributed by atoms with E-state index in [0.29, 0.717) is 24.6 Å². The average molecular weight is 427 g/mol. The van der Waals surface area contributed by atoms with Crippen LogP contribution in [0.4, 0.5) is 9.59 Å². The Morgan fingerprint density at radius 3 is 1.19 bits per heavy atom. The molecule has 0 spiro atoms. The van der Waals surface area contributed by atoms with Gasteiger partial charge in [-0.3, -0.25) is 0 Å². The Bertz CT molecular complexity index is 674. The van der Waals surface area contributed by atoms with Gasteiger partial charge in [0.15, 0.2) is 0 Å². The van der Waals surface area contributed by atoms with Crippen LogP contribution in [0, 0.1) is 0 Å². The summed E-state index contributed by atoms with van der Waals surface area (Å²) >= 11 is 0. The first-order valence-corrected chi connectivity index (χ1v) is 11.3. The van der Waals surface area contributed by atoms with Crippen LogP contribution >= 0.6 is 0 Å². The Morgan fingerprint density at radius 2 is 0.839 bits per heavy atom. The predicted octanol–water partition coefficient (Wildman–Crippen LogP) is 6.07. The molecular formula is C25H34N2O4. The van der Waals surface area contributed by atoms with Crippen LogP contribution in [0.1, 0.15) is 57.8 Å². The largest absolute Gasteiger partial charge is 0.412 e. The van der Waals surface area contributed by atoms with Gasteiger partial charge in [0.25, 0.3) is 0 Å². The number of hydrogen-bond donors (Lipinski definition) is 2. The molecule has 168 valence electrons. The molecule has 2 amide bonds. The maximum atomic E-state index is 11.7. The van der Waals surface area contributed by atoms with Gasteiger partial charge in [-0.1, -0.05) is 81.3 Å². The van der Waals surface area contributed by atoms with Crippen molar-refractivity contribution in [2.75, 3.05) is 13.1 Å². The van der Waals surface area contributed by atoms with E-state index in [0.717, 1.165) is 25.7 Å². The van der Waals surface area contributed by atoms with E-state index in [4.69, 9.17) is 9.47 Å². The van der Waals surface area contributed by atoms with Crippen molar-refractivity contribution < 1.29 is 19.1 Å². The number of carbonyl (C=O) groups excluding carboxylic acids is 2. The molecule has 0 unspecified atom stereocenters. The Morgan fingerprint density at radius 1 is 0.516 bits per heavy atom. The second-order valence-electron chi connectivity index (χ2n) is 7.44. The highest BCUT2D eigenvalue weighted by Gasteiger charge is 2.03. The normalized spacial score (nSPS) is 10.3. The monoisotopic (exact) mass is 426 g/mol. The number of hydrogen-bond acceptors (Lipinski definition) is 4. The van der Waals surface area contributed by atoms with E-state index in [-0.39, 0.29) is 0 Å². The third-order valence-electron chi connectivity index (χ3n) is 4.80. The van der Waals surface area contributed by atoms with Gasteiger partial charge in [0.1, 0.15) is 11.5 Å². The van der Waals surface area contributed by atoms with Crippen LogP contribution in [-0.4, -0.2) is 25.3 Å². The van der Waals surface area contributed by atoms with E-state index in [9.17, 15) is 9.59 Å². The van der Waals surface area contributed by atoms with Crippen molar-refractivity contribution in [2.24, 2.45) is 0 Å². The second-order valence-corrected chi connectivity index (χ2v) is 7.44. The summed E-state index contributed by atoms with van der Waals surface area (Å²) in [6.45, 7) is 1.29. The van der Waals surface area contributed by atoms with Gasteiger partial charge in [0.2, 0.25) is 0 Å². The third-order valence-corrected chi connectivity index (χ3v) is 4.80. The SMILES string of the molecule is O=C(NCCCCCCCCCCCNC(=O)Oc1ccccc1)Oc1ccccc1. The van der Waals surface area contributed by atoms with Crippen molar-refractivity contribution in [3.8, 4) is 11.5 Å². The lowest BCUT2D eigenvalue weighted by Crippen LogP contribution is -2.27. The summed E-state index contributed by atoms with van der Waals surface area (Å²) < 4.78 is 10.3. The van der Waals surface area contributed by atoms with E-state index in [1.807, 2.05) is 36.4 Å². The van der Waals surface area contributed by atoms with Gasteiger partial charge in [-0.15, -0.1) is 0 Å². The van der Waals surface area contributed by atoms with E-state index < -0.39 is 12.2 Å². The lowest BCUT2D eigenvalue weighted by molar-refractivity contribution is 0.199. The summed E-state index contributed by atoms with van der Waals surface area (Å²) in [6.07, 6.45) is 9.40. The maximum Gasteiger partial charge on any atom is 0.412 e. The molecule has 0 fully saturated rings. The van der Waals surface area contributed by atoms with Gasteiger partial charge < -0.3 is 20.1 Å². The van der Waals surface area contributed by atoms with Crippen molar-refractivity contribution in [2.45, 2.75) is 57.8 Å². The number of unbranched alkanes of at least 4 members (excludes halogenated alkanes) is 8. The first-order valence-electron chi connectivity index (χ1n) is 11.3. The fourth-order valence-corrected chi connectivity index (χ4v) is 3.13. The molecule has 2 N–H and O–H groups in total. The number of carbonyl (C=O) groups is 2. The van der Waals surface area contributed by atoms with Crippen LogP contribution in [0.25, 0.3) is 0 Å². The Balaban J connectivity index is 1.31. The van der Waals surface area contributed by atoms with Crippen molar-refractivity contribution in [1.82, 2.24) is 10.6 Å². The van der Waals surface area contributed by atoms with E-state index in [2.05, 4.69) is 10.6 Å². The lowest BCUT2D eigenvalue weighted by Gasteiger charge is -2.07. The molecule has 2 rings (SSSR count). The molecule has 0 saturated carbocycles. The predicted molar refractivity (Wildman–Crippen MR) is 122 cm³/mol. The first-order chi connectivity index (χ1) is 15.2. The summed E-state index contributed by atoms with van der Waals surface area (Å²) in [4.78, 5) is 23.3. The summed E-state index contributed by atoms with van der Waals surface area (Å²) in [5.74, 6) is 1.12. The van der Waals surface area contributed by atoms with Gasteiger partial charge >= 0.3 is 12.2 Å². The van der Waals surface area contributed by atoms with Crippen LogP contribution in [-0.2, 0) is 0 Å². The number of rotatable bonds is 14. The molecule has 2 aromatic carbocycles. The molecule has 0 bridgehead atoms. The first kappa shape index (κ1) is 24.3. The van der Waals surface area contributed by atoms with Crippen molar-refractivity contribution in [3.63, 3.8) is 0 Å². The highest BCUT2D eigenvalue weighted by Crippen LogP contribution is 2.11. The maximum absolute atomic E-state index is 11.7. The smallest absolute Gasteiger partial charge is 0.410 e. The molecule has 0 heterocycles. The Kier molecular flexibility index (Phi) is 12.3. The lowest BCUT2D eigenvalue weighted by atomic mass is 10.1. The fourth-order valence-electron chi connectivity index (χ4n) is 3.13. The highest BCUT2D eigenvalue weighted by molar-refractivity contribution is 5.70. The molecule has 31 heavy (non-hydrogen) atoms. The van der Waals surface area contributed by atoms with Crippen LogP contribution < -0.4 is 20.1 Å². The summed E-state index contributed by atoms with van der Waals surface area (Å²) in [5.41, 5.74) is 0. The minimum atomic E-state index is -0.394. The van der Waals surface area contributed by atoms with Crippen LogP contribution in [0.2, 0.25) is 0 Å². The Hall–Kier alpha value is -3.02. The van der Waals surface area contributed by atoms with Gasteiger partial charge in [0, 0.05) is 13.1 Å². The zero-order valence-corrected chi connectivity index (χ0v) is 18.2. The van der Waals surface area contributed by atoms with Crippen molar-refractivity contribution >= 4 is 12.2 Å². The average Bonchev–Trinajstić information content (AvgIpc) is 2.78. The highest BCUT2D eigenvalue weighted by atomic mass is 16.6. The molecule has 0 atom stereocenters. The van der Waals surface area contributed by atoms with Crippen LogP contribution in [0.3, 0.4) is 0 Å². The second kappa shape index (κ2) is 15.8. The number of amides is 2. The quantitative estimate of drug-likeness (QED) is 0.359. The van der Waals surface area contributed by atoms with Gasteiger partial charge in [-0.2, -0.15) is 0 Å². The zero-order valence-electron chi connectivity index (χ0n) is 18.2. The fraction of sp³-hybridized carbons (Fsp3) is 0.440. The van der Waals surface area contributed by atoms with Crippen molar-refractivity contribution in [3.05, 3.63) is 60.7 Å². The molecule has 0 aliphatic rings. The molecule has 0 aromatic heterocycles. The van der Waals surface area contributed by atoms with E-state index in [1.54, 1.807) is 24.3 Å². The molecule has 2 aromatic rings. The Labute approximate surface area is 185 Å². The minimum absolute atomic E-state index is 0.394. The summed E-state index contributed by atoms with van der Waals surface area (Å²) in [5, 5.41) is 5.57. The zero-order chi connectivity index (χ0) is 22.0. The summed E-state index contributed by atoms with van der Waals surface area (Å²) in [6, 6.07) is 18.1. The van der Waals surface area contributed by atoms with Crippen LogP contribution in [0.15, 0.2) is 60.7 Å². The number of ether oxygens (including phenoxy) is 2. The van der Waals surface area contributed by atoms with Gasteiger partial charge in [0.05, 0.1) is 0 Å². The molecule has 6 heteroatoms. The molecule has 0 aliphatic carbocycles. The number of nitrogens with one attached hydrogen (secondary N) is 2. The summed E-state index contributed by atoms with van der Waals surface area (Å²) in [7, 11) is 0. The minimum Gasteiger partial charge on any atom is -0.410 e. The van der Waals surface area contributed by atoms with E-state index >= 15 is 0 Å². The van der Waals surface area contributed by atoms with Gasteiger partial charge in [-0.25, -0.2) is 9.59 Å². The molecule has 0 radical (unpaired) electrons. The molecular weight excluding hydrogens is 392 g/mol. The molecule has 0 aliphatic heterocycles. The van der Waals surface area contributed by atoms with Crippen LogP contribution in [0.5, 0.6) is 11.5 Å². The molecule has 0 saturated heterocycles. The van der Waals surface area contributed by atoms with Gasteiger partial charge in [-0.05, 0) is 37.1 Å². The standard InChI is InChI=1S/C25H34N2O4/c28-24(30-22-16-10-8-11-17-22)26-20-14-6-4-2-1-3-5-7-15-21-27-25(29)31-23-18-12-9-13-19-23/h8-13,16-19H,1-7,14-15,20-21H2,(H,26,28)(H,27,29). The number of benzene rings is 2. The third kappa shape index (κ3) is 12.3. The molecule has 6 nitrogen and oxygen atoms in total. The van der Waals surface area contributed by atoms with Crippen molar-refractivity contribution in [1.29, 1.82) is 0 Å².